The van der Waals surface area contributed by atoms with Crippen LogP contribution in [0.25, 0.3) is 0 Å². The number of carbonyl (C=O) groups is 2. The molecule has 1 amide bonds. The molecule has 1 aliphatic heterocycles. The third-order valence-corrected chi connectivity index (χ3v) is 4.05. The lowest BCUT2D eigenvalue weighted by molar-refractivity contribution is -0.128. The predicted octanol–water partition coefficient (Wildman–Crippen LogP) is 2.24. The minimum absolute atomic E-state index is 0.00759. The normalized spacial score (nSPS) is 17.1. The van der Waals surface area contributed by atoms with Crippen LogP contribution < -0.4 is 5.32 Å². The van der Waals surface area contributed by atoms with Gasteiger partial charge in [0.15, 0.2) is 5.69 Å². The van der Waals surface area contributed by atoms with Gasteiger partial charge in [0.2, 0.25) is 5.91 Å². The van der Waals surface area contributed by atoms with Gasteiger partial charge in [-0.15, -0.1) is 0 Å². The Morgan fingerprint density at radius 2 is 2.00 bits per heavy atom. The summed E-state index contributed by atoms with van der Waals surface area (Å²) in [6.07, 6.45) is 0.498. The minimum atomic E-state index is -1.05. The van der Waals surface area contributed by atoms with Crippen LogP contribution in [0.4, 0.5) is 5.82 Å². The van der Waals surface area contributed by atoms with E-state index in [1.54, 1.807) is 12.1 Å². The summed E-state index contributed by atoms with van der Waals surface area (Å²) < 4.78 is 0. The fraction of sp³-hybridized carbons (Fsp3) is 0.278. The molecular weight excluding hydrogens is 306 g/mol. The fourth-order valence-electron chi connectivity index (χ4n) is 2.85. The van der Waals surface area contributed by atoms with Crippen LogP contribution in [-0.4, -0.2) is 40.0 Å². The number of carboxylic acids is 1. The van der Waals surface area contributed by atoms with Gasteiger partial charge in [0.05, 0.1) is 0 Å². The molecule has 1 aliphatic rings. The van der Waals surface area contributed by atoms with Crippen molar-refractivity contribution in [1.82, 2.24) is 9.88 Å². The first-order valence-corrected chi connectivity index (χ1v) is 7.88. The molecule has 0 bridgehead atoms. The van der Waals surface area contributed by atoms with Crippen molar-refractivity contribution < 1.29 is 14.7 Å². The Kier molecular flexibility index (Phi) is 4.74. The van der Waals surface area contributed by atoms with Crippen molar-refractivity contribution in [2.45, 2.75) is 13.0 Å². The summed E-state index contributed by atoms with van der Waals surface area (Å²) in [5, 5.41) is 12.1. The Morgan fingerprint density at radius 3 is 2.75 bits per heavy atom. The molecule has 1 fully saturated rings. The highest BCUT2D eigenvalue weighted by Crippen LogP contribution is 2.20. The van der Waals surface area contributed by atoms with Crippen LogP contribution in [0.1, 0.15) is 22.5 Å². The van der Waals surface area contributed by atoms with E-state index < -0.39 is 5.97 Å². The number of carbonyl (C=O) groups excluding carboxylic acids is 1. The van der Waals surface area contributed by atoms with Crippen molar-refractivity contribution in [3.63, 3.8) is 0 Å². The van der Waals surface area contributed by atoms with Gasteiger partial charge in [-0.1, -0.05) is 36.4 Å². The van der Waals surface area contributed by atoms with E-state index in [2.05, 4.69) is 10.3 Å². The maximum absolute atomic E-state index is 12.1. The lowest BCUT2D eigenvalue weighted by atomic mass is 10.1. The molecule has 2 aromatic rings. The van der Waals surface area contributed by atoms with E-state index >= 15 is 0 Å². The molecule has 1 saturated heterocycles. The van der Waals surface area contributed by atoms with Crippen LogP contribution in [0.3, 0.4) is 0 Å². The Morgan fingerprint density at radius 1 is 1.21 bits per heavy atom. The van der Waals surface area contributed by atoms with Crippen molar-refractivity contribution in [3.8, 4) is 0 Å². The second-order valence-electron chi connectivity index (χ2n) is 5.92. The summed E-state index contributed by atoms with van der Waals surface area (Å²) >= 11 is 0. The Hall–Kier alpha value is -2.89. The van der Waals surface area contributed by atoms with E-state index in [-0.39, 0.29) is 17.5 Å². The van der Waals surface area contributed by atoms with Gasteiger partial charge in [-0.05, 0) is 17.7 Å². The van der Waals surface area contributed by atoms with Gasteiger partial charge in [-0.3, -0.25) is 4.79 Å². The van der Waals surface area contributed by atoms with E-state index in [1.807, 2.05) is 35.2 Å². The number of rotatable bonds is 6. The van der Waals surface area contributed by atoms with Crippen molar-refractivity contribution in [1.29, 1.82) is 0 Å². The van der Waals surface area contributed by atoms with Crippen molar-refractivity contribution in [2.75, 3.05) is 18.4 Å². The second-order valence-corrected chi connectivity index (χ2v) is 5.92. The first-order valence-electron chi connectivity index (χ1n) is 7.88. The van der Waals surface area contributed by atoms with Crippen LogP contribution >= 0.6 is 0 Å². The number of aromatic carboxylic acids is 1. The Labute approximate surface area is 140 Å². The number of aromatic nitrogens is 1. The molecule has 3 rings (SSSR count). The van der Waals surface area contributed by atoms with Crippen LogP contribution in [0.5, 0.6) is 0 Å². The largest absolute Gasteiger partial charge is 0.477 e. The quantitative estimate of drug-likeness (QED) is 0.851. The number of nitrogens with zero attached hydrogens (tertiary/aromatic N) is 2. The number of amides is 1. The highest BCUT2D eigenvalue weighted by Gasteiger charge is 2.29. The molecule has 1 atom stereocenters. The molecule has 2 N–H and O–H groups in total. The van der Waals surface area contributed by atoms with Crippen LogP contribution in [0, 0.1) is 5.92 Å². The first kappa shape index (κ1) is 16.0. The van der Waals surface area contributed by atoms with Gasteiger partial charge >= 0.3 is 5.97 Å². The molecule has 1 unspecified atom stereocenters. The van der Waals surface area contributed by atoms with Gasteiger partial charge in [0.1, 0.15) is 5.82 Å². The summed E-state index contributed by atoms with van der Waals surface area (Å²) in [7, 11) is 0. The lowest BCUT2D eigenvalue weighted by Crippen LogP contribution is -2.25. The summed E-state index contributed by atoms with van der Waals surface area (Å²) in [4.78, 5) is 29.0. The number of anilines is 1. The molecule has 124 valence electrons. The smallest absolute Gasteiger partial charge is 0.354 e. The minimum Gasteiger partial charge on any atom is -0.477 e. The fourth-order valence-corrected chi connectivity index (χ4v) is 2.85. The zero-order valence-electron chi connectivity index (χ0n) is 13.2. The van der Waals surface area contributed by atoms with Crippen molar-refractivity contribution in [3.05, 3.63) is 59.8 Å². The van der Waals surface area contributed by atoms with Gasteiger partial charge in [0.25, 0.3) is 0 Å². The topological polar surface area (TPSA) is 82.5 Å². The summed E-state index contributed by atoms with van der Waals surface area (Å²) in [5.41, 5.74) is 1.13. The molecule has 6 nitrogen and oxygen atoms in total. The molecule has 0 radical (unpaired) electrons. The molecule has 6 heteroatoms. The zero-order chi connectivity index (χ0) is 16.9. The van der Waals surface area contributed by atoms with Gasteiger partial charge in [-0.2, -0.15) is 0 Å². The Balaban J connectivity index is 1.55. The lowest BCUT2D eigenvalue weighted by Gasteiger charge is -2.17. The summed E-state index contributed by atoms with van der Waals surface area (Å²) in [6, 6.07) is 14.8. The van der Waals surface area contributed by atoms with Crippen molar-refractivity contribution >= 4 is 17.7 Å². The maximum Gasteiger partial charge on any atom is 0.354 e. The molecular formula is C18H19N3O3. The van der Waals surface area contributed by atoms with Crippen molar-refractivity contribution in [2.24, 2.45) is 5.92 Å². The number of benzene rings is 1. The number of hydrogen-bond acceptors (Lipinski definition) is 4. The third-order valence-electron chi connectivity index (χ3n) is 4.05. The standard InChI is InChI=1S/C18H19N3O3/c22-17-9-14(12-21(17)11-13-5-2-1-3-6-13)10-19-16-8-4-7-15(20-16)18(23)24/h1-8,14H,9-12H2,(H,19,20)(H,23,24). The highest BCUT2D eigenvalue weighted by molar-refractivity contribution is 5.85. The van der Waals surface area contributed by atoms with Crippen LogP contribution in [-0.2, 0) is 11.3 Å². The van der Waals surface area contributed by atoms with E-state index in [4.69, 9.17) is 5.11 Å². The second kappa shape index (κ2) is 7.12. The van der Waals surface area contributed by atoms with E-state index in [9.17, 15) is 9.59 Å². The van der Waals surface area contributed by atoms with Gasteiger partial charge in [-0.25, -0.2) is 9.78 Å². The average Bonchev–Trinajstić information content (AvgIpc) is 2.94. The molecule has 24 heavy (non-hydrogen) atoms. The average molecular weight is 325 g/mol. The van der Waals surface area contributed by atoms with E-state index in [0.717, 1.165) is 5.56 Å². The molecule has 1 aromatic heterocycles. The number of pyridine rings is 1. The molecule has 0 spiro atoms. The molecule has 0 saturated carbocycles. The van der Waals surface area contributed by atoms with Gasteiger partial charge in [0, 0.05) is 32.0 Å². The third kappa shape index (κ3) is 3.90. The summed E-state index contributed by atoms with van der Waals surface area (Å²) in [5.74, 6) is -0.193. The first-order chi connectivity index (χ1) is 11.6. The number of nitrogens with one attached hydrogen (secondary N) is 1. The monoisotopic (exact) mass is 325 g/mol. The SMILES string of the molecule is O=C(O)c1cccc(NCC2CC(=O)N(Cc3ccccc3)C2)n1. The number of likely N-dealkylation sites (tertiary alicyclic amines) is 1. The predicted molar refractivity (Wildman–Crippen MR) is 89.7 cm³/mol. The number of carboxylic acid groups (broad SMARTS) is 1. The van der Waals surface area contributed by atoms with Crippen LogP contribution in [0.15, 0.2) is 48.5 Å². The highest BCUT2D eigenvalue weighted by atomic mass is 16.4. The molecule has 0 aliphatic carbocycles. The van der Waals surface area contributed by atoms with E-state index in [1.165, 1.54) is 6.07 Å². The zero-order valence-corrected chi connectivity index (χ0v) is 13.2. The van der Waals surface area contributed by atoms with E-state index in [0.29, 0.717) is 31.9 Å². The number of hydrogen-bond donors (Lipinski definition) is 2. The molecule has 2 heterocycles. The Bertz CT molecular complexity index is 733. The summed E-state index contributed by atoms with van der Waals surface area (Å²) in [6.45, 7) is 1.91. The van der Waals surface area contributed by atoms with Gasteiger partial charge < -0.3 is 15.3 Å². The maximum atomic E-state index is 12.1. The van der Waals surface area contributed by atoms with Crippen LogP contribution in [0.2, 0.25) is 0 Å². The molecule has 1 aromatic carbocycles.